The highest BCUT2D eigenvalue weighted by molar-refractivity contribution is 6.30. The van der Waals surface area contributed by atoms with Gasteiger partial charge in [0.2, 0.25) is 0 Å². The Balaban J connectivity index is 1.98. The topological polar surface area (TPSA) is 72.0 Å². The molecule has 0 spiro atoms. The van der Waals surface area contributed by atoms with Crippen LogP contribution in [0.3, 0.4) is 0 Å². The monoisotopic (exact) mass is 275 g/mol. The molecule has 0 unspecified atom stereocenters. The molecule has 1 aromatic carbocycles. The largest absolute Gasteiger partial charge is 0.382 e. The summed E-state index contributed by atoms with van der Waals surface area (Å²) in [6.45, 7) is 0.808. The number of halogens is 1. The number of amidine groups is 1. The van der Waals surface area contributed by atoms with Crippen LogP contribution in [-0.2, 0) is 18.0 Å². The molecule has 0 fully saturated rings. The summed E-state index contributed by atoms with van der Waals surface area (Å²) >= 11 is 5.90. The Morgan fingerprint density at radius 2 is 2.11 bits per heavy atom. The van der Waals surface area contributed by atoms with Crippen LogP contribution in [0.15, 0.2) is 42.6 Å². The minimum absolute atomic E-state index is 0.0537. The van der Waals surface area contributed by atoms with E-state index >= 15 is 0 Å². The Labute approximate surface area is 116 Å². The minimum atomic E-state index is -0.0537. The summed E-state index contributed by atoms with van der Waals surface area (Å²) in [6, 6.07) is 11.1. The number of rotatable bonds is 5. The molecule has 1 aromatic heterocycles. The second-order valence-corrected chi connectivity index (χ2v) is 4.48. The minimum Gasteiger partial charge on any atom is -0.382 e. The average Bonchev–Trinajstić information content (AvgIpc) is 2.39. The summed E-state index contributed by atoms with van der Waals surface area (Å²) in [7, 11) is 0. The number of nitrogen functional groups attached to an aromatic ring is 1. The maximum Gasteiger partial charge on any atom is 0.142 e. The van der Waals surface area contributed by atoms with E-state index in [-0.39, 0.29) is 5.84 Å². The predicted octanol–water partition coefficient (Wildman–Crippen LogP) is 2.74. The van der Waals surface area contributed by atoms with Crippen LogP contribution in [0.25, 0.3) is 0 Å². The van der Waals surface area contributed by atoms with Crippen LogP contribution >= 0.6 is 11.6 Å². The number of nitrogens with two attached hydrogens (primary N) is 1. The van der Waals surface area contributed by atoms with Crippen LogP contribution in [0.4, 0.5) is 0 Å². The summed E-state index contributed by atoms with van der Waals surface area (Å²) in [5.74, 6) is -0.0537. The maximum absolute atomic E-state index is 7.45. The maximum atomic E-state index is 7.45. The van der Waals surface area contributed by atoms with E-state index < -0.39 is 0 Å². The highest BCUT2D eigenvalue weighted by Crippen LogP contribution is 2.13. The van der Waals surface area contributed by atoms with Gasteiger partial charge in [-0.1, -0.05) is 29.8 Å². The lowest BCUT2D eigenvalue weighted by atomic mass is 10.2. The number of hydrogen-bond acceptors (Lipinski definition) is 3. The fraction of sp³-hybridized carbons (Fsp3) is 0.143. The van der Waals surface area contributed by atoms with Crippen LogP contribution < -0.4 is 5.73 Å². The normalized spacial score (nSPS) is 10.4. The number of ether oxygens (including phenoxy) is 1. The third kappa shape index (κ3) is 3.77. The zero-order valence-electron chi connectivity index (χ0n) is 10.3. The molecule has 0 saturated heterocycles. The average molecular weight is 276 g/mol. The smallest absolute Gasteiger partial charge is 0.142 e. The van der Waals surface area contributed by atoms with Crippen molar-refractivity contribution in [3.05, 3.63) is 64.4 Å². The van der Waals surface area contributed by atoms with Gasteiger partial charge >= 0.3 is 0 Å². The van der Waals surface area contributed by atoms with Gasteiger partial charge in [0.05, 0.1) is 13.2 Å². The van der Waals surface area contributed by atoms with Crippen molar-refractivity contribution in [1.29, 1.82) is 5.41 Å². The van der Waals surface area contributed by atoms with E-state index in [1.165, 1.54) is 0 Å². The molecule has 3 N–H and O–H groups in total. The Kier molecular flexibility index (Phi) is 4.49. The molecule has 1 heterocycles. The first-order valence-electron chi connectivity index (χ1n) is 5.77. The van der Waals surface area contributed by atoms with Gasteiger partial charge in [-0.15, -0.1) is 0 Å². The quantitative estimate of drug-likeness (QED) is 0.651. The van der Waals surface area contributed by atoms with E-state index in [0.717, 1.165) is 11.1 Å². The van der Waals surface area contributed by atoms with E-state index in [1.807, 2.05) is 30.3 Å². The molecule has 0 aliphatic heterocycles. The molecule has 0 bridgehead atoms. The molecule has 0 aliphatic carbocycles. The Morgan fingerprint density at radius 3 is 2.84 bits per heavy atom. The molecular formula is C14H14ClN3O. The van der Waals surface area contributed by atoms with Gasteiger partial charge in [-0.25, -0.2) is 0 Å². The van der Waals surface area contributed by atoms with Crippen LogP contribution in [-0.4, -0.2) is 10.8 Å². The zero-order valence-corrected chi connectivity index (χ0v) is 11.0. The van der Waals surface area contributed by atoms with Gasteiger partial charge in [-0.05, 0) is 23.8 Å². The third-order valence-corrected chi connectivity index (χ3v) is 2.80. The highest BCUT2D eigenvalue weighted by atomic mass is 35.5. The summed E-state index contributed by atoms with van der Waals surface area (Å²) in [4.78, 5) is 4.07. The Bertz CT molecular complexity index is 586. The van der Waals surface area contributed by atoms with Crippen molar-refractivity contribution < 1.29 is 4.74 Å². The summed E-state index contributed by atoms with van der Waals surface area (Å²) in [5, 5.41) is 8.13. The van der Waals surface area contributed by atoms with Crippen LogP contribution in [0.5, 0.6) is 0 Å². The van der Waals surface area contributed by atoms with Crippen LogP contribution in [0.2, 0.25) is 5.02 Å². The molecule has 0 atom stereocenters. The second kappa shape index (κ2) is 6.31. The molecule has 2 aromatic rings. The van der Waals surface area contributed by atoms with Crippen molar-refractivity contribution in [2.24, 2.45) is 5.73 Å². The third-order valence-electron chi connectivity index (χ3n) is 2.56. The van der Waals surface area contributed by atoms with Gasteiger partial charge in [0.15, 0.2) is 0 Å². The van der Waals surface area contributed by atoms with Crippen molar-refractivity contribution in [1.82, 2.24) is 4.98 Å². The van der Waals surface area contributed by atoms with Crippen molar-refractivity contribution in [3.8, 4) is 0 Å². The number of benzene rings is 1. The summed E-state index contributed by atoms with van der Waals surface area (Å²) in [5.41, 5.74) is 7.73. The lowest BCUT2D eigenvalue weighted by Crippen LogP contribution is -2.16. The number of nitrogens with one attached hydrogen (secondary N) is 1. The second-order valence-electron chi connectivity index (χ2n) is 4.05. The first kappa shape index (κ1) is 13.5. The molecule has 0 radical (unpaired) electrons. The van der Waals surface area contributed by atoms with Crippen molar-refractivity contribution in [2.45, 2.75) is 13.2 Å². The molecule has 0 amide bonds. The molecular weight excluding hydrogens is 262 g/mol. The van der Waals surface area contributed by atoms with E-state index in [2.05, 4.69) is 4.98 Å². The summed E-state index contributed by atoms with van der Waals surface area (Å²) < 4.78 is 5.60. The lowest BCUT2D eigenvalue weighted by Gasteiger charge is -2.08. The standard InChI is InChI=1S/C14H14ClN3O/c15-12-5-1-3-10(7-12)8-19-9-11-4-2-6-18-13(11)14(16)17/h1-7H,8-9H2,(H3,16,17). The number of nitrogens with zero attached hydrogens (tertiary/aromatic N) is 1. The molecule has 0 aliphatic rings. The first-order chi connectivity index (χ1) is 9.16. The first-order valence-corrected chi connectivity index (χ1v) is 6.15. The molecule has 0 saturated carbocycles. The molecule has 2 rings (SSSR count). The van der Waals surface area contributed by atoms with E-state index in [9.17, 15) is 0 Å². The van der Waals surface area contributed by atoms with Gasteiger partial charge in [0.25, 0.3) is 0 Å². The fourth-order valence-corrected chi connectivity index (χ4v) is 1.92. The van der Waals surface area contributed by atoms with Gasteiger partial charge in [-0.3, -0.25) is 10.4 Å². The summed E-state index contributed by atoms with van der Waals surface area (Å²) in [6.07, 6.45) is 1.61. The van der Waals surface area contributed by atoms with Crippen molar-refractivity contribution >= 4 is 17.4 Å². The Morgan fingerprint density at radius 1 is 1.26 bits per heavy atom. The van der Waals surface area contributed by atoms with Crippen LogP contribution in [0, 0.1) is 5.41 Å². The zero-order chi connectivity index (χ0) is 13.7. The number of hydrogen-bond donors (Lipinski definition) is 2. The molecule has 98 valence electrons. The fourth-order valence-electron chi connectivity index (χ4n) is 1.70. The SMILES string of the molecule is N=C(N)c1ncccc1COCc1cccc(Cl)c1. The van der Waals surface area contributed by atoms with Gasteiger partial charge < -0.3 is 10.5 Å². The van der Waals surface area contributed by atoms with E-state index in [0.29, 0.717) is 23.9 Å². The Hall–Kier alpha value is -1.91. The highest BCUT2D eigenvalue weighted by Gasteiger charge is 2.06. The van der Waals surface area contributed by atoms with Crippen LogP contribution in [0.1, 0.15) is 16.8 Å². The molecule has 4 nitrogen and oxygen atoms in total. The van der Waals surface area contributed by atoms with Gasteiger partial charge in [0.1, 0.15) is 11.5 Å². The lowest BCUT2D eigenvalue weighted by molar-refractivity contribution is 0.107. The van der Waals surface area contributed by atoms with Gasteiger partial charge in [0, 0.05) is 16.8 Å². The van der Waals surface area contributed by atoms with E-state index in [1.54, 1.807) is 12.3 Å². The molecule has 5 heteroatoms. The van der Waals surface area contributed by atoms with E-state index in [4.69, 9.17) is 27.5 Å². The molecule has 19 heavy (non-hydrogen) atoms. The number of pyridine rings is 1. The predicted molar refractivity (Wildman–Crippen MR) is 75.2 cm³/mol. The van der Waals surface area contributed by atoms with Crippen molar-refractivity contribution in [2.75, 3.05) is 0 Å². The number of aromatic nitrogens is 1. The van der Waals surface area contributed by atoms with Gasteiger partial charge in [-0.2, -0.15) is 0 Å². The van der Waals surface area contributed by atoms with Crippen molar-refractivity contribution in [3.63, 3.8) is 0 Å².